The zero-order chi connectivity index (χ0) is 22.6. The molecule has 5 aliphatic heterocycles. The highest BCUT2D eigenvalue weighted by atomic mass is 16.6. The van der Waals surface area contributed by atoms with Crippen LogP contribution in [-0.4, -0.2) is 94.6 Å². The first-order chi connectivity index (χ1) is 15.4. The van der Waals surface area contributed by atoms with E-state index in [1.165, 1.54) is 4.90 Å². The van der Waals surface area contributed by atoms with E-state index in [-0.39, 0.29) is 47.6 Å². The SMILES string of the molecule is CCOC(=O)N1CCC(N2CCC(=CC3=C(C(=O)O)N4C(=O)C5NCC(C3)[C@H]54)C2=O)CC1. The molecule has 4 saturated heterocycles. The number of piperidine rings is 1. The van der Waals surface area contributed by atoms with Crippen LogP contribution in [-0.2, 0) is 19.1 Å². The predicted molar refractivity (Wildman–Crippen MR) is 111 cm³/mol. The number of hydrogen-bond donors (Lipinski definition) is 2. The fourth-order valence-corrected chi connectivity index (χ4v) is 5.85. The Labute approximate surface area is 185 Å². The lowest BCUT2D eigenvalue weighted by atomic mass is 9.79. The number of nitrogens with one attached hydrogen (secondary N) is 1. The summed E-state index contributed by atoms with van der Waals surface area (Å²) in [6.07, 6.45) is 3.89. The lowest BCUT2D eigenvalue weighted by molar-refractivity contribution is -0.153. The average Bonchev–Trinajstić information content (AvgIpc) is 3.35. The summed E-state index contributed by atoms with van der Waals surface area (Å²) in [5.41, 5.74) is 1.19. The van der Waals surface area contributed by atoms with Gasteiger partial charge >= 0.3 is 12.1 Å². The average molecular weight is 444 g/mol. The van der Waals surface area contributed by atoms with Gasteiger partial charge in [-0.15, -0.1) is 0 Å². The third kappa shape index (κ3) is 3.19. The van der Waals surface area contributed by atoms with Crippen molar-refractivity contribution in [2.45, 2.75) is 50.7 Å². The van der Waals surface area contributed by atoms with Gasteiger partial charge in [0.2, 0.25) is 11.8 Å². The van der Waals surface area contributed by atoms with E-state index < -0.39 is 5.97 Å². The molecule has 5 aliphatic rings. The van der Waals surface area contributed by atoms with Gasteiger partial charge in [0, 0.05) is 37.8 Å². The molecule has 2 unspecified atom stereocenters. The third-order valence-electron chi connectivity index (χ3n) is 7.39. The van der Waals surface area contributed by atoms with Gasteiger partial charge in [-0.3, -0.25) is 14.5 Å². The molecule has 2 N–H and O–H groups in total. The minimum absolute atomic E-state index is 0.0256. The maximum atomic E-state index is 13.1. The largest absolute Gasteiger partial charge is 0.477 e. The summed E-state index contributed by atoms with van der Waals surface area (Å²) in [7, 11) is 0. The third-order valence-corrected chi connectivity index (χ3v) is 7.39. The van der Waals surface area contributed by atoms with Gasteiger partial charge in [-0.25, -0.2) is 9.59 Å². The Morgan fingerprint density at radius 3 is 2.66 bits per heavy atom. The molecule has 32 heavy (non-hydrogen) atoms. The highest BCUT2D eigenvalue weighted by Crippen LogP contribution is 2.44. The maximum Gasteiger partial charge on any atom is 0.409 e. The molecule has 0 aliphatic carbocycles. The maximum absolute atomic E-state index is 13.1. The number of nitrogens with zero attached hydrogens (tertiary/aromatic N) is 3. The summed E-state index contributed by atoms with van der Waals surface area (Å²) in [6, 6.07) is -0.303. The molecule has 10 nitrogen and oxygen atoms in total. The molecule has 5 rings (SSSR count). The van der Waals surface area contributed by atoms with E-state index in [1.54, 1.807) is 17.9 Å². The van der Waals surface area contributed by atoms with Crippen molar-refractivity contribution in [2.75, 3.05) is 32.8 Å². The van der Waals surface area contributed by atoms with Crippen molar-refractivity contribution in [1.29, 1.82) is 0 Å². The van der Waals surface area contributed by atoms with Crippen LogP contribution in [0.4, 0.5) is 4.79 Å². The zero-order valence-electron chi connectivity index (χ0n) is 18.1. The first-order valence-corrected chi connectivity index (χ1v) is 11.4. The minimum atomic E-state index is -1.12. The van der Waals surface area contributed by atoms with Gasteiger partial charge in [0.05, 0.1) is 12.6 Å². The van der Waals surface area contributed by atoms with Crippen LogP contribution in [0, 0.1) is 5.92 Å². The lowest BCUT2D eigenvalue weighted by Crippen LogP contribution is -2.68. The second-order valence-corrected chi connectivity index (χ2v) is 9.06. The first kappa shape index (κ1) is 21.0. The topological polar surface area (TPSA) is 119 Å². The monoisotopic (exact) mass is 444 g/mol. The van der Waals surface area contributed by atoms with Crippen molar-refractivity contribution < 1.29 is 29.0 Å². The molecule has 5 heterocycles. The minimum Gasteiger partial charge on any atom is -0.477 e. The molecule has 0 spiro atoms. The Hall–Kier alpha value is -2.88. The van der Waals surface area contributed by atoms with Crippen LogP contribution in [0.15, 0.2) is 22.9 Å². The number of allylic oxidation sites excluding steroid dienone is 2. The highest BCUT2D eigenvalue weighted by molar-refractivity contribution is 6.02. The Morgan fingerprint density at radius 1 is 1.22 bits per heavy atom. The number of hydrogen-bond acceptors (Lipinski definition) is 6. The lowest BCUT2D eigenvalue weighted by Gasteiger charge is -2.48. The molecule has 0 aromatic carbocycles. The number of β-lactam (4-membered cyclic amide) rings is 1. The van der Waals surface area contributed by atoms with Gasteiger partial charge < -0.3 is 25.0 Å². The molecule has 172 valence electrons. The van der Waals surface area contributed by atoms with Crippen molar-refractivity contribution in [3.8, 4) is 0 Å². The number of carboxylic acid groups (broad SMARTS) is 1. The van der Waals surface area contributed by atoms with Crippen LogP contribution >= 0.6 is 0 Å². The van der Waals surface area contributed by atoms with E-state index >= 15 is 0 Å². The molecule has 4 fully saturated rings. The summed E-state index contributed by atoms with van der Waals surface area (Å²) in [5, 5.41) is 13.0. The smallest absolute Gasteiger partial charge is 0.409 e. The van der Waals surface area contributed by atoms with Crippen molar-refractivity contribution in [1.82, 2.24) is 20.0 Å². The van der Waals surface area contributed by atoms with E-state index in [2.05, 4.69) is 5.32 Å². The number of carboxylic acids is 1. The Balaban J connectivity index is 1.31. The van der Waals surface area contributed by atoms with Gasteiger partial charge in [-0.2, -0.15) is 0 Å². The van der Waals surface area contributed by atoms with Gasteiger partial charge in [-0.05, 0) is 50.2 Å². The summed E-state index contributed by atoms with van der Waals surface area (Å²) >= 11 is 0. The quantitative estimate of drug-likeness (QED) is 0.473. The second kappa shape index (κ2) is 7.91. The van der Waals surface area contributed by atoms with E-state index in [0.29, 0.717) is 69.6 Å². The van der Waals surface area contributed by atoms with Crippen LogP contribution < -0.4 is 5.32 Å². The van der Waals surface area contributed by atoms with Gasteiger partial charge in [0.15, 0.2) is 0 Å². The molecule has 0 saturated carbocycles. The van der Waals surface area contributed by atoms with Crippen LogP contribution in [0.3, 0.4) is 0 Å². The molecule has 3 amide bonds. The van der Waals surface area contributed by atoms with Crippen molar-refractivity contribution in [3.63, 3.8) is 0 Å². The fraction of sp³-hybridized carbons (Fsp3) is 0.636. The molecule has 3 atom stereocenters. The summed E-state index contributed by atoms with van der Waals surface area (Å²) in [4.78, 5) is 54.4. The number of amides is 3. The van der Waals surface area contributed by atoms with Gasteiger partial charge in [0.25, 0.3) is 0 Å². The molecular formula is C22H28N4O6. The summed E-state index contributed by atoms with van der Waals surface area (Å²) in [5.74, 6) is -1.22. The first-order valence-electron chi connectivity index (χ1n) is 11.4. The number of carbonyl (C=O) groups is 4. The molecule has 0 radical (unpaired) electrons. The summed E-state index contributed by atoms with van der Waals surface area (Å²) in [6.45, 7) is 4.48. The summed E-state index contributed by atoms with van der Waals surface area (Å²) < 4.78 is 5.06. The van der Waals surface area contributed by atoms with E-state index in [9.17, 15) is 24.3 Å². The number of rotatable bonds is 4. The second-order valence-electron chi connectivity index (χ2n) is 9.06. The van der Waals surface area contributed by atoms with Crippen molar-refractivity contribution in [3.05, 3.63) is 22.9 Å². The van der Waals surface area contributed by atoms with Crippen LogP contribution in [0.1, 0.15) is 32.6 Å². The number of ether oxygens (including phenoxy) is 1. The van der Waals surface area contributed by atoms with E-state index in [4.69, 9.17) is 4.74 Å². The van der Waals surface area contributed by atoms with E-state index in [1.807, 2.05) is 4.90 Å². The standard InChI is InChI=1S/C22H28N4O6/c1-2-32-22(31)24-6-4-15(5-7-24)25-8-3-12(19(25)27)9-13-10-14-11-23-16-17(14)26(20(16)28)18(13)21(29)30/h9,14-17,23H,2-8,10-11H2,1H3,(H,29,30)/t14?,16?,17-/m1/s1. The Kier molecular flexibility index (Phi) is 5.19. The van der Waals surface area contributed by atoms with E-state index in [0.717, 1.165) is 0 Å². The van der Waals surface area contributed by atoms with Crippen molar-refractivity contribution in [2.24, 2.45) is 5.92 Å². The van der Waals surface area contributed by atoms with Crippen LogP contribution in [0.5, 0.6) is 0 Å². The molecule has 10 heteroatoms. The molecule has 0 aromatic rings. The highest BCUT2D eigenvalue weighted by Gasteiger charge is 2.59. The molecular weight excluding hydrogens is 416 g/mol. The van der Waals surface area contributed by atoms with Gasteiger partial charge in [-0.1, -0.05) is 0 Å². The Bertz CT molecular complexity index is 935. The number of aliphatic carboxylic acids is 1. The number of likely N-dealkylation sites (tertiary alicyclic amines) is 2. The molecule has 0 aromatic heterocycles. The zero-order valence-corrected chi connectivity index (χ0v) is 18.1. The number of carbonyl (C=O) groups excluding carboxylic acids is 3. The van der Waals surface area contributed by atoms with Crippen molar-refractivity contribution >= 4 is 23.9 Å². The van der Waals surface area contributed by atoms with Crippen LogP contribution in [0.2, 0.25) is 0 Å². The van der Waals surface area contributed by atoms with Crippen LogP contribution in [0.25, 0.3) is 0 Å². The molecule has 0 bridgehead atoms. The predicted octanol–water partition coefficient (Wildman–Crippen LogP) is 0.307. The Morgan fingerprint density at radius 2 is 1.97 bits per heavy atom. The normalized spacial score (nSPS) is 31.3. The fourth-order valence-electron chi connectivity index (χ4n) is 5.85. The van der Waals surface area contributed by atoms with Gasteiger partial charge in [0.1, 0.15) is 11.7 Å².